The highest BCUT2D eigenvalue weighted by atomic mass is 32.2. The molecule has 1 aliphatic heterocycles. The number of hydrogen-bond donors (Lipinski definition) is 2. The van der Waals surface area contributed by atoms with Crippen molar-refractivity contribution in [3.63, 3.8) is 0 Å². The van der Waals surface area contributed by atoms with Gasteiger partial charge in [-0.2, -0.15) is 9.40 Å². The smallest absolute Gasteiger partial charge is 0.339 e. The Morgan fingerprint density at radius 1 is 1.26 bits per heavy atom. The molecule has 0 bridgehead atoms. The number of carboxylic acids is 1. The van der Waals surface area contributed by atoms with Crippen molar-refractivity contribution in [2.45, 2.75) is 4.90 Å². The lowest BCUT2D eigenvalue weighted by atomic mass is 10.2. The van der Waals surface area contributed by atoms with E-state index in [0.29, 0.717) is 13.2 Å². The number of sulfonamides is 1. The summed E-state index contributed by atoms with van der Waals surface area (Å²) in [6.45, 7) is 1.17. The molecule has 0 aliphatic carbocycles. The van der Waals surface area contributed by atoms with Gasteiger partial charge in [-0.1, -0.05) is 6.07 Å². The number of anilines is 1. The molecule has 0 spiro atoms. The molecule has 10 nitrogen and oxygen atoms in total. The number of carbonyl (C=O) groups is 2. The van der Waals surface area contributed by atoms with Gasteiger partial charge in [0, 0.05) is 32.0 Å². The lowest BCUT2D eigenvalue weighted by molar-refractivity contribution is 0.0692. The van der Waals surface area contributed by atoms with E-state index in [9.17, 15) is 18.0 Å². The van der Waals surface area contributed by atoms with Gasteiger partial charge in [0.25, 0.3) is 5.91 Å². The Morgan fingerprint density at radius 2 is 1.96 bits per heavy atom. The zero-order valence-corrected chi connectivity index (χ0v) is 15.3. The second-order valence-corrected chi connectivity index (χ2v) is 7.81. The van der Waals surface area contributed by atoms with E-state index in [1.165, 1.54) is 46.5 Å². The molecule has 11 heteroatoms. The van der Waals surface area contributed by atoms with Crippen LogP contribution in [-0.2, 0) is 21.8 Å². The standard InChI is InChI=1S/C16H18N4O6S/c1-19-10-13(16(22)23)14(18-19)15(21)17-11-3-2-4-12(9-11)27(24,25)20-5-7-26-8-6-20/h2-4,9-10H,5-8H2,1H3,(H,17,21)(H,22,23). The Balaban J connectivity index is 1.84. The predicted molar refractivity (Wildman–Crippen MR) is 94.1 cm³/mol. The van der Waals surface area contributed by atoms with Crippen LogP contribution in [0.5, 0.6) is 0 Å². The van der Waals surface area contributed by atoms with E-state index >= 15 is 0 Å². The summed E-state index contributed by atoms with van der Waals surface area (Å²) >= 11 is 0. The first-order valence-electron chi connectivity index (χ1n) is 8.05. The molecule has 1 aromatic heterocycles. The van der Waals surface area contributed by atoms with Crippen molar-refractivity contribution in [3.05, 3.63) is 41.7 Å². The maximum absolute atomic E-state index is 12.7. The van der Waals surface area contributed by atoms with Crippen LogP contribution in [0.4, 0.5) is 5.69 Å². The zero-order chi connectivity index (χ0) is 19.6. The summed E-state index contributed by atoms with van der Waals surface area (Å²) in [7, 11) is -2.22. The van der Waals surface area contributed by atoms with Gasteiger partial charge < -0.3 is 15.2 Å². The number of aryl methyl sites for hydroxylation is 1. The average molecular weight is 394 g/mol. The third-order valence-corrected chi connectivity index (χ3v) is 5.87. The quantitative estimate of drug-likeness (QED) is 0.750. The third kappa shape index (κ3) is 3.99. The van der Waals surface area contributed by atoms with Gasteiger partial charge in [0.2, 0.25) is 10.0 Å². The molecule has 1 amide bonds. The predicted octanol–water partition coefficient (Wildman–Crippen LogP) is 0.391. The van der Waals surface area contributed by atoms with Crippen LogP contribution in [0.1, 0.15) is 20.8 Å². The number of amides is 1. The molecule has 0 saturated carbocycles. The number of aromatic nitrogens is 2. The number of ether oxygens (including phenoxy) is 1. The Morgan fingerprint density at radius 3 is 2.63 bits per heavy atom. The van der Waals surface area contributed by atoms with E-state index in [-0.39, 0.29) is 34.9 Å². The normalized spacial score (nSPS) is 15.4. The van der Waals surface area contributed by atoms with E-state index in [4.69, 9.17) is 9.84 Å². The molecule has 144 valence electrons. The van der Waals surface area contributed by atoms with Crippen LogP contribution in [-0.4, -0.2) is 65.8 Å². The highest BCUT2D eigenvalue weighted by Crippen LogP contribution is 2.21. The van der Waals surface area contributed by atoms with Gasteiger partial charge >= 0.3 is 5.97 Å². The highest BCUT2D eigenvalue weighted by molar-refractivity contribution is 7.89. The lowest BCUT2D eigenvalue weighted by Crippen LogP contribution is -2.40. The van der Waals surface area contributed by atoms with Crippen molar-refractivity contribution in [3.8, 4) is 0 Å². The number of nitrogens with zero attached hydrogens (tertiary/aromatic N) is 3. The summed E-state index contributed by atoms with van der Waals surface area (Å²) in [6, 6.07) is 5.77. The molecule has 1 saturated heterocycles. The third-order valence-electron chi connectivity index (χ3n) is 3.97. The number of rotatable bonds is 5. The molecule has 27 heavy (non-hydrogen) atoms. The summed E-state index contributed by atoms with van der Waals surface area (Å²) in [6.07, 6.45) is 1.22. The monoisotopic (exact) mass is 394 g/mol. The molecule has 0 atom stereocenters. The van der Waals surface area contributed by atoms with Gasteiger partial charge in [-0.15, -0.1) is 0 Å². The summed E-state index contributed by atoms with van der Waals surface area (Å²) in [5.74, 6) is -2.02. The van der Waals surface area contributed by atoms with Crippen molar-refractivity contribution in [1.82, 2.24) is 14.1 Å². The molecular formula is C16H18N4O6S. The van der Waals surface area contributed by atoms with Gasteiger partial charge in [0.05, 0.1) is 18.1 Å². The number of hydrogen-bond acceptors (Lipinski definition) is 6. The van der Waals surface area contributed by atoms with Gasteiger partial charge in [-0.25, -0.2) is 13.2 Å². The van der Waals surface area contributed by atoms with E-state index < -0.39 is 21.9 Å². The Hall–Kier alpha value is -2.76. The van der Waals surface area contributed by atoms with Crippen molar-refractivity contribution >= 4 is 27.6 Å². The average Bonchev–Trinajstić information content (AvgIpc) is 3.05. The number of carboxylic acid groups (broad SMARTS) is 1. The van der Waals surface area contributed by atoms with Crippen LogP contribution in [0.15, 0.2) is 35.4 Å². The van der Waals surface area contributed by atoms with Crippen molar-refractivity contribution in [2.75, 3.05) is 31.6 Å². The van der Waals surface area contributed by atoms with Crippen LogP contribution in [0, 0.1) is 0 Å². The van der Waals surface area contributed by atoms with Gasteiger partial charge in [0.15, 0.2) is 5.69 Å². The fourth-order valence-electron chi connectivity index (χ4n) is 2.67. The van der Waals surface area contributed by atoms with Crippen LogP contribution in [0.25, 0.3) is 0 Å². The van der Waals surface area contributed by atoms with Crippen LogP contribution in [0.2, 0.25) is 0 Å². The number of nitrogens with one attached hydrogen (secondary N) is 1. The molecule has 1 aromatic carbocycles. The van der Waals surface area contributed by atoms with Crippen LogP contribution >= 0.6 is 0 Å². The zero-order valence-electron chi connectivity index (χ0n) is 14.5. The SMILES string of the molecule is Cn1cc(C(=O)O)c(C(=O)Nc2cccc(S(=O)(=O)N3CCOCC3)c2)n1. The summed E-state index contributed by atoms with van der Waals surface area (Å²) < 4.78 is 33.1. The molecule has 1 fully saturated rings. The minimum absolute atomic E-state index is 0.0293. The Kier molecular flexibility index (Phi) is 5.26. The number of benzene rings is 1. The fraction of sp³-hybridized carbons (Fsp3) is 0.312. The summed E-state index contributed by atoms with van der Waals surface area (Å²) in [4.78, 5) is 23.6. The van der Waals surface area contributed by atoms with E-state index in [1.807, 2.05) is 0 Å². The Labute approximate surface area is 155 Å². The molecular weight excluding hydrogens is 376 g/mol. The molecule has 2 aromatic rings. The minimum Gasteiger partial charge on any atom is -0.478 e. The molecule has 1 aliphatic rings. The minimum atomic E-state index is -3.71. The molecule has 0 radical (unpaired) electrons. The first-order chi connectivity index (χ1) is 12.8. The van der Waals surface area contributed by atoms with Crippen LogP contribution in [0.3, 0.4) is 0 Å². The second-order valence-electron chi connectivity index (χ2n) is 5.87. The van der Waals surface area contributed by atoms with Crippen molar-refractivity contribution < 1.29 is 27.9 Å². The molecule has 2 heterocycles. The number of aromatic carboxylic acids is 1. The molecule has 0 unspecified atom stereocenters. The first kappa shape index (κ1) is 19.0. The van der Waals surface area contributed by atoms with Crippen molar-refractivity contribution in [1.29, 1.82) is 0 Å². The summed E-state index contributed by atoms with van der Waals surface area (Å²) in [5.41, 5.74) is -0.283. The van der Waals surface area contributed by atoms with Gasteiger partial charge in [-0.3, -0.25) is 9.48 Å². The van der Waals surface area contributed by atoms with Gasteiger partial charge in [-0.05, 0) is 18.2 Å². The Bertz CT molecular complexity index is 979. The first-order valence-corrected chi connectivity index (χ1v) is 9.49. The molecule has 3 rings (SSSR count). The van der Waals surface area contributed by atoms with E-state index in [0.717, 1.165) is 0 Å². The van der Waals surface area contributed by atoms with Gasteiger partial charge in [0.1, 0.15) is 5.56 Å². The van der Waals surface area contributed by atoms with Crippen molar-refractivity contribution in [2.24, 2.45) is 7.05 Å². The lowest BCUT2D eigenvalue weighted by Gasteiger charge is -2.26. The number of carbonyl (C=O) groups excluding carboxylic acids is 1. The van der Waals surface area contributed by atoms with Crippen LogP contribution < -0.4 is 5.32 Å². The van der Waals surface area contributed by atoms with E-state index in [2.05, 4.69) is 10.4 Å². The maximum atomic E-state index is 12.7. The highest BCUT2D eigenvalue weighted by Gasteiger charge is 2.27. The second kappa shape index (κ2) is 7.47. The molecule has 2 N–H and O–H groups in total. The summed E-state index contributed by atoms with van der Waals surface area (Å²) in [5, 5.41) is 15.5. The topological polar surface area (TPSA) is 131 Å². The number of morpholine rings is 1. The fourth-order valence-corrected chi connectivity index (χ4v) is 4.13. The maximum Gasteiger partial charge on any atom is 0.339 e. The largest absolute Gasteiger partial charge is 0.478 e. The van der Waals surface area contributed by atoms with E-state index in [1.54, 1.807) is 0 Å².